The van der Waals surface area contributed by atoms with E-state index in [1.54, 1.807) is 0 Å². The number of carbonyl (C=O) groups excluding carboxylic acids is 1. The molecule has 0 bridgehead atoms. The van der Waals surface area contributed by atoms with Crippen molar-refractivity contribution in [2.45, 2.75) is 65.5 Å². The number of nitrogens with one attached hydrogen (secondary N) is 1. The van der Waals surface area contributed by atoms with Crippen molar-refractivity contribution in [3.63, 3.8) is 0 Å². The Morgan fingerprint density at radius 1 is 1.35 bits per heavy atom. The SMILES string of the molecule is CCC(CC)C(=O)N(CC1CCCN1)C(C)C. The largest absolute Gasteiger partial charge is 0.338 e. The zero-order valence-corrected chi connectivity index (χ0v) is 11.8. The molecule has 1 amide bonds. The molecule has 1 atom stereocenters. The second-order valence-corrected chi connectivity index (χ2v) is 5.39. The van der Waals surface area contributed by atoms with Crippen LogP contribution in [0.5, 0.6) is 0 Å². The topological polar surface area (TPSA) is 32.3 Å². The van der Waals surface area contributed by atoms with Gasteiger partial charge in [0.1, 0.15) is 0 Å². The Balaban J connectivity index is 2.60. The molecule has 1 N–H and O–H groups in total. The second kappa shape index (κ2) is 7.00. The van der Waals surface area contributed by atoms with Gasteiger partial charge in [-0.25, -0.2) is 0 Å². The Morgan fingerprint density at radius 3 is 2.41 bits per heavy atom. The quantitative estimate of drug-likeness (QED) is 0.773. The van der Waals surface area contributed by atoms with Gasteiger partial charge in [-0.2, -0.15) is 0 Å². The van der Waals surface area contributed by atoms with E-state index in [9.17, 15) is 4.79 Å². The molecule has 3 nitrogen and oxygen atoms in total. The maximum absolute atomic E-state index is 12.4. The number of amides is 1. The Hall–Kier alpha value is -0.570. The minimum Gasteiger partial charge on any atom is -0.338 e. The van der Waals surface area contributed by atoms with Crippen LogP contribution < -0.4 is 5.32 Å². The summed E-state index contributed by atoms with van der Waals surface area (Å²) >= 11 is 0. The molecule has 1 rings (SSSR count). The fourth-order valence-corrected chi connectivity index (χ4v) is 2.58. The summed E-state index contributed by atoms with van der Waals surface area (Å²) in [4.78, 5) is 14.5. The molecule has 17 heavy (non-hydrogen) atoms. The summed E-state index contributed by atoms with van der Waals surface area (Å²) in [6, 6.07) is 0.821. The molecular formula is C14H28N2O. The molecule has 1 aliphatic heterocycles. The molecule has 1 unspecified atom stereocenters. The number of carbonyl (C=O) groups is 1. The van der Waals surface area contributed by atoms with Gasteiger partial charge in [-0.05, 0) is 46.1 Å². The first kappa shape index (κ1) is 14.5. The van der Waals surface area contributed by atoms with Crippen LogP contribution in [0.25, 0.3) is 0 Å². The molecule has 0 aromatic rings. The van der Waals surface area contributed by atoms with E-state index in [1.807, 2.05) is 0 Å². The van der Waals surface area contributed by atoms with Crippen LogP contribution >= 0.6 is 0 Å². The van der Waals surface area contributed by atoms with Gasteiger partial charge in [0.05, 0.1) is 0 Å². The van der Waals surface area contributed by atoms with Gasteiger partial charge in [0.25, 0.3) is 0 Å². The van der Waals surface area contributed by atoms with Crippen LogP contribution in [0.3, 0.4) is 0 Å². The number of hydrogen-bond donors (Lipinski definition) is 1. The standard InChI is InChI=1S/C14H28N2O/c1-5-12(6-2)14(17)16(11(3)4)10-13-8-7-9-15-13/h11-13,15H,5-10H2,1-4H3. The van der Waals surface area contributed by atoms with Crippen LogP contribution in [0.2, 0.25) is 0 Å². The van der Waals surface area contributed by atoms with E-state index < -0.39 is 0 Å². The summed E-state index contributed by atoms with van der Waals surface area (Å²) in [6.07, 6.45) is 4.36. The van der Waals surface area contributed by atoms with E-state index in [0.29, 0.717) is 18.0 Å². The van der Waals surface area contributed by atoms with Gasteiger partial charge in [0.2, 0.25) is 5.91 Å². The van der Waals surface area contributed by atoms with Crippen molar-refractivity contribution in [2.75, 3.05) is 13.1 Å². The molecule has 0 spiro atoms. The number of hydrogen-bond acceptors (Lipinski definition) is 2. The molecule has 1 saturated heterocycles. The van der Waals surface area contributed by atoms with Gasteiger partial charge in [-0.15, -0.1) is 0 Å². The Kier molecular flexibility index (Phi) is 5.96. The number of nitrogens with zero attached hydrogens (tertiary/aromatic N) is 1. The van der Waals surface area contributed by atoms with Crippen molar-refractivity contribution in [3.8, 4) is 0 Å². The normalized spacial score (nSPS) is 20.2. The third-order valence-electron chi connectivity index (χ3n) is 3.82. The van der Waals surface area contributed by atoms with Crippen LogP contribution in [0.1, 0.15) is 53.4 Å². The molecule has 100 valence electrons. The summed E-state index contributed by atoms with van der Waals surface area (Å²) in [5, 5.41) is 3.48. The fourth-order valence-electron chi connectivity index (χ4n) is 2.58. The fraction of sp³-hybridized carbons (Fsp3) is 0.929. The minimum absolute atomic E-state index is 0.207. The van der Waals surface area contributed by atoms with Crippen molar-refractivity contribution in [1.82, 2.24) is 10.2 Å². The summed E-state index contributed by atoms with van der Waals surface area (Å²) < 4.78 is 0. The van der Waals surface area contributed by atoms with Gasteiger partial charge in [-0.1, -0.05) is 13.8 Å². The van der Waals surface area contributed by atoms with Crippen LogP contribution in [0, 0.1) is 5.92 Å². The molecular weight excluding hydrogens is 212 g/mol. The van der Waals surface area contributed by atoms with Gasteiger partial charge in [0, 0.05) is 24.5 Å². The summed E-state index contributed by atoms with van der Waals surface area (Å²) in [7, 11) is 0. The van der Waals surface area contributed by atoms with E-state index in [-0.39, 0.29) is 5.92 Å². The zero-order chi connectivity index (χ0) is 12.8. The predicted molar refractivity (Wildman–Crippen MR) is 71.9 cm³/mol. The lowest BCUT2D eigenvalue weighted by molar-refractivity contribution is -0.137. The van der Waals surface area contributed by atoms with E-state index in [0.717, 1.165) is 25.9 Å². The van der Waals surface area contributed by atoms with Crippen LogP contribution in [0.4, 0.5) is 0 Å². The highest BCUT2D eigenvalue weighted by Gasteiger charge is 2.27. The van der Waals surface area contributed by atoms with Crippen molar-refractivity contribution in [3.05, 3.63) is 0 Å². The van der Waals surface area contributed by atoms with Gasteiger partial charge >= 0.3 is 0 Å². The predicted octanol–water partition coefficient (Wildman–Crippen LogP) is 2.41. The highest BCUT2D eigenvalue weighted by molar-refractivity contribution is 5.79. The summed E-state index contributed by atoms with van der Waals surface area (Å²) in [5.74, 6) is 0.553. The maximum Gasteiger partial charge on any atom is 0.225 e. The van der Waals surface area contributed by atoms with Crippen molar-refractivity contribution < 1.29 is 4.79 Å². The first-order chi connectivity index (χ1) is 8.10. The highest BCUT2D eigenvalue weighted by atomic mass is 16.2. The van der Waals surface area contributed by atoms with E-state index in [4.69, 9.17) is 0 Å². The molecule has 0 aliphatic carbocycles. The molecule has 1 heterocycles. The Morgan fingerprint density at radius 2 is 2.00 bits per heavy atom. The molecule has 1 aliphatic rings. The highest BCUT2D eigenvalue weighted by Crippen LogP contribution is 2.16. The zero-order valence-electron chi connectivity index (χ0n) is 11.8. The average Bonchev–Trinajstić information content (AvgIpc) is 2.79. The lowest BCUT2D eigenvalue weighted by atomic mass is 10.0. The Labute approximate surface area is 106 Å². The van der Waals surface area contributed by atoms with E-state index in [2.05, 4.69) is 37.9 Å². The smallest absolute Gasteiger partial charge is 0.225 e. The van der Waals surface area contributed by atoms with Gasteiger partial charge in [-0.3, -0.25) is 4.79 Å². The molecule has 0 radical (unpaired) electrons. The molecule has 3 heteroatoms. The third-order valence-corrected chi connectivity index (χ3v) is 3.82. The van der Waals surface area contributed by atoms with Crippen LogP contribution in [0.15, 0.2) is 0 Å². The summed E-state index contributed by atoms with van der Waals surface area (Å²) in [6.45, 7) is 10.4. The van der Waals surface area contributed by atoms with Crippen LogP contribution in [-0.4, -0.2) is 36.0 Å². The molecule has 0 aromatic carbocycles. The van der Waals surface area contributed by atoms with Gasteiger partial charge in [0.15, 0.2) is 0 Å². The van der Waals surface area contributed by atoms with Gasteiger partial charge < -0.3 is 10.2 Å². The average molecular weight is 240 g/mol. The first-order valence-corrected chi connectivity index (χ1v) is 7.13. The minimum atomic E-state index is 0.207. The lowest BCUT2D eigenvalue weighted by Crippen LogP contribution is -2.47. The second-order valence-electron chi connectivity index (χ2n) is 5.39. The molecule has 1 fully saturated rings. The molecule has 0 aromatic heterocycles. The van der Waals surface area contributed by atoms with E-state index in [1.165, 1.54) is 12.8 Å². The lowest BCUT2D eigenvalue weighted by Gasteiger charge is -2.32. The van der Waals surface area contributed by atoms with Crippen LogP contribution in [-0.2, 0) is 4.79 Å². The monoisotopic (exact) mass is 240 g/mol. The first-order valence-electron chi connectivity index (χ1n) is 7.13. The van der Waals surface area contributed by atoms with Crippen molar-refractivity contribution >= 4 is 5.91 Å². The third kappa shape index (κ3) is 3.98. The summed E-state index contributed by atoms with van der Waals surface area (Å²) in [5.41, 5.74) is 0. The molecule has 0 saturated carbocycles. The number of rotatable bonds is 6. The Bertz CT molecular complexity index is 230. The van der Waals surface area contributed by atoms with Crippen molar-refractivity contribution in [2.24, 2.45) is 5.92 Å². The van der Waals surface area contributed by atoms with Crippen molar-refractivity contribution in [1.29, 1.82) is 0 Å². The maximum atomic E-state index is 12.4. The van der Waals surface area contributed by atoms with E-state index >= 15 is 0 Å².